The Morgan fingerprint density at radius 1 is 1.17 bits per heavy atom. The topological polar surface area (TPSA) is 58.5 Å². The summed E-state index contributed by atoms with van der Waals surface area (Å²) in [4.78, 5) is 10.5. The van der Waals surface area contributed by atoms with Gasteiger partial charge in [-0.15, -0.1) is 0 Å². The second-order valence-corrected chi connectivity index (χ2v) is 6.12. The lowest BCUT2D eigenvalue weighted by Crippen LogP contribution is -2.44. The van der Waals surface area contributed by atoms with Gasteiger partial charge in [-0.3, -0.25) is 4.90 Å². The van der Waals surface area contributed by atoms with Crippen molar-refractivity contribution in [1.29, 1.82) is 0 Å². The van der Waals surface area contributed by atoms with Crippen LogP contribution in [0.3, 0.4) is 0 Å². The molecule has 0 bridgehead atoms. The molecule has 1 aromatic carbocycles. The van der Waals surface area contributed by atoms with E-state index in [0.717, 1.165) is 31.5 Å². The summed E-state index contributed by atoms with van der Waals surface area (Å²) in [5, 5.41) is 10.5. The number of ether oxygens (including phenoxy) is 1. The molecule has 0 aliphatic carbocycles. The maximum Gasteiger partial charge on any atom is 0.316 e. The average Bonchev–Trinajstić information content (AvgIpc) is 2.59. The van der Waals surface area contributed by atoms with Crippen LogP contribution in [0.4, 0.5) is 0 Å². The summed E-state index contributed by atoms with van der Waals surface area (Å²) in [6, 6.07) is 10.8. The molecule has 1 fully saturated rings. The van der Waals surface area contributed by atoms with Crippen LogP contribution in [0.1, 0.15) is 17.5 Å². The highest BCUT2D eigenvalue weighted by atomic mass is 16.5. The van der Waals surface area contributed by atoms with Gasteiger partial charge in [0.1, 0.15) is 0 Å². The molecule has 1 aromatic heterocycles. The first-order valence-electron chi connectivity index (χ1n) is 8.04. The van der Waals surface area contributed by atoms with Crippen LogP contribution in [-0.4, -0.2) is 46.3 Å². The molecule has 0 amide bonds. The normalized spacial score (nSPS) is 22.0. The monoisotopic (exact) mass is 313 g/mol. The Morgan fingerprint density at radius 3 is 2.57 bits per heavy atom. The molecule has 2 atom stereocenters. The van der Waals surface area contributed by atoms with Crippen molar-refractivity contribution in [3.63, 3.8) is 0 Å². The highest BCUT2D eigenvalue weighted by Gasteiger charge is 2.27. The van der Waals surface area contributed by atoms with E-state index in [2.05, 4.69) is 39.1 Å². The van der Waals surface area contributed by atoms with Gasteiger partial charge in [-0.1, -0.05) is 30.3 Å². The summed E-state index contributed by atoms with van der Waals surface area (Å²) in [5.74, 6) is 0.334. The summed E-state index contributed by atoms with van der Waals surface area (Å²) < 4.78 is 4.97. The van der Waals surface area contributed by atoms with Crippen LogP contribution in [0.2, 0.25) is 0 Å². The lowest BCUT2D eigenvalue weighted by atomic mass is 9.88. The summed E-state index contributed by atoms with van der Waals surface area (Å²) in [6.45, 7) is 2.45. The smallest absolute Gasteiger partial charge is 0.316 e. The maximum absolute atomic E-state index is 10.5. The lowest BCUT2D eigenvalue weighted by molar-refractivity contribution is 0.0187. The molecule has 3 rings (SSSR count). The fraction of sp³-hybridized carbons (Fsp3) is 0.444. The van der Waals surface area contributed by atoms with Crippen LogP contribution in [0.5, 0.6) is 6.01 Å². The van der Waals surface area contributed by atoms with Crippen molar-refractivity contribution in [3.05, 3.63) is 53.9 Å². The molecule has 1 saturated heterocycles. The van der Waals surface area contributed by atoms with Crippen LogP contribution >= 0.6 is 0 Å². The molecule has 5 nitrogen and oxygen atoms in total. The number of hydrogen-bond acceptors (Lipinski definition) is 5. The van der Waals surface area contributed by atoms with Gasteiger partial charge in [0.15, 0.2) is 0 Å². The molecule has 1 aliphatic rings. The molecule has 122 valence electrons. The van der Waals surface area contributed by atoms with Gasteiger partial charge >= 0.3 is 6.01 Å². The third kappa shape index (κ3) is 4.27. The van der Waals surface area contributed by atoms with Crippen LogP contribution in [0, 0.1) is 5.92 Å². The van der Waals surface area contributed by atoms with E-state index >= 15 is 0 Å². The predicted molar refractivity (Wildman–Crippen MR) is 88.1 cm³/mol. The minimum Gasteiger partial charge on any atom is -0.467 e. The Morgan fingerprint density at radius 2 is 1.91 bits per heavy atom. The second kappa shape index (κ2) is 7.53. The minimum atomic E-state index is -0.289. The van der Waals surface area contributed by atoms with E-state index in [4.69, 9.17) is 4.74 Å². The number of nitrogens with zero attached hydrogens (tertiary/aromatic N) is 3. The zero-order chi connectivity index (χ0) is 16.1. The van der Waals surface area contributed by atoms with Gasteiger partial charge in [-0.2, -0.15) is 0 Å². The van der Waals surface area contributed by atoms with Crippen molar-refractivity contribution in [2.45, 2.75) is 25.5 Å². The SMILES string of the molecule is COc1ncc(CN2CC[C@H](Cc3ccccc3)[C@@H](O)C2)cn1. The number of hydrogen-bond donors (Lipinski definition) is 1. The Balaban J connectivity index is 1.53. The Bertz CT molecular complexity index is 603. The molecule has 0 saturated carbocycles. The molecular weight excluding hydrogens is 290 g/mol. The molecule has 23 heavy (non-hydrogen) atoms. The number of methoxy groups -OCH3 is 1. The van der Waals surface area contributed by atoms with Gasteiger partial charge in [0.25, 0.3) is 0 Å². The zero-order valence-electron chi connectivity index (χ0n) is 13.4. The Hall–Kier alpha value is -1.98. The van der Waals surface area contributed by atoms with E-state index in [1.54, 1.807) is 19.5 Å². The molecular formula is C18H23N3O2. The van der Waals surface area contributed by atoms with Gasteiger partial charge < -0.3 is 9.84 Å². The zero-order valence-corrected chi connectivity index (χ0v) is 13.4. The highest BCUT2D eigenvalue weighted by Crippen LogP contribution is 2.23. The number of benzene rings is 1. The molecule has 5 heteroatoms. The van der Waals surface area contributed by atoms with E-state index in [1.807, 2.05) is 6.07 Å². The third-order valence-electron chi connectivity index (χ3n) is 4.42. The number of rotatable bonds is 5. The molecule has 1 aliphatic heterocycles. The van der Waals surface area contributed by atoms with Crippen LogP contribution in [0.15, 0.2) is 42.7 Å². The van der Waals surface area contributed by atoms with Gasteiger partial charge in [0, 0.05) is 31.0 Å². The Kier molecular flexibility index (Phi) is 5.20. The lowest BCUT2D eigenvalue weighted by Gasteiger charge is -2.36. The molecule has 0 unspecified atom stereocenters. The van der Waals surface area contributed by atoms with Gasteiger partial charge in [0.2, 0.25) is 0 Å². The number of piperidine rings is 1. The standard InChI is InChI=1S/C18H23N3O2/c1-23-18-19-10-15(11-20-18)12-21-8-7-16(17(22)13-21)9-14-5-3-2-4-6-14/h2-6,10-11,16-17,22H,7-9,12-13H2,1H3/t16-,17+/m1/s1. The first kappa shape index (κ1) is 15.9. The van der Waals surface area contributed by atoms with Crippen molar-refractivity contribution in [2.24, 2.45) is 5.92 Å². The first-order chi connectivity index (χ1) is 11.2. The highest BCUT2D eigenvalue weighted by molar-refractivity contribution is 5.16. The summed E-state index contributed by atoms with van der Waals surface area (Å²) in [5.41, 5.74) is 2.34. The first-order valence-corrected chi connectivity index (χ1v) is 8.04. The molecule has 0 radical (unpaired) electrons. The number of aliphatic hydroxyl groups is 1. The minimum absolute atomic E-state index is 0.289. The van der Waals surface area contributed by atoms with Crippen LogP contribution in [0.25, 0.3) is 0 Å². The number of likely N-dealkylation sites (tertiary alicyclic amines) is 1. The number of aliphatic hydroxyl groups excluding tert-OH is 1. The third-order valence-corrected chi connectivity index (χ3v) is 4.42. The van der Waals surface area contributed by atoms with Crippen LogP contribution < -0.4 is 4.74 Å². The van der Waals surface area contributed by atoms with E-state index in [1.165, 1.54) is 5.56 Å². The average molecular weight is 313 g/mol. The summed E-state index contributed by atoms with van der Waals surface area (Å²) in [6.07, 6.45) is 5.24. The van der Waals surface area contributed by atoms with Crippen LogP contribution in [-0.2, 0) is 13.0 Å². The van der Waals surface area contributed by atoms with Crippen molar-refractivity contribution in [3.8, 4) is 6.01 Å². The van der Waals surface area contributed by atoms with E-state index in [-0.39, 0.29) is 6.10 Å². The van der Waals surface area contributed by atoms with Crippen molar-refractivity contribution < 1.29 is 9.84 Å². The van der Waals surface area contributed by atoms with Crippen molar-refractivity contribution >= 4 is 0 Å². The largest absolute Gasteiger partial charge is 0.467 e. The molecule has 2 heterocycles. The van der Waals surface area contributed by atoms with Gasteiger partial charge in [0.05, 0.1) is 13.2 Å². The number of aromatic nitrogens is 2. The quantitative estimate of drug-likeness (QED) is 0.914. The number of β-amino-alcohol motifs (C(OH)–C–C–N with tert-alkyl or cyclic N) is 1. The van der Waals surface area contributed by atoms with Gasteiger partial charge in [-0.25, -0.2) is 9.97 Å². The Labute approximate surface area is 137 Å². The molecule has 0 spiro atoms. The molecule has 2 aromatic rings. The van der Waals surface area contributed by atoms with E-state index in [9.17, 15) is 5.11 Å². The summed E-state index contributed by atoms with van der Waals surface area (Å²) in [7, 11) is 1.56. The van der Waals surface area contributed by atoms with Crippen molar-refractivity contribution in [1.82, 2.24) is 14.9 Å². The van der Waals surface area contributed by atoms with E-state index < -0.39 is 0 Å². The summed E-state index contributed by atoms with van der Waals surface area (Å²) >= 11 is 0. The predicted octanol–water partition coefficient (Wildman–Crippen LogP) is 1.91. The fourth-order valence-corrected chi connectivity index (χ4v) is 3.13. The fourth-order valence-electron chi connectivity index (χ4n) is 3.13. The van der Waals surface area contributed by atoms with Crippen molar-refractivity contribution in [2.75, 3.05) is 20.2 Å². The van der Waals surface area contributed by atoms with Gasteiger partial charge in [-0.05, 0) is 30.9 Å². The second-order valence-electron chi connectivity index (χ2n) is 6.12. The maximum atomic E-state index is 10.5. The molecule has 1 N–H and O–H groups in total. The van der Waals surface area contributed by atoms with E-state index in [0.29, 0.717) is 18.5 Å².